The quantitative estimate of drug-likeness (QED) is 0.0252. The normalized spacial score (nSPS) is 22.8. The van der Waals surface area contributed by atoms with E-state index in [1.165, 1.54) is 55.4 Å². The Morgan fingerprint density at radius 1 is 0.391 bits per heavy atom. The first-order valence-electron chi connectivity index (χ1n) is 37.3. The molecule has 0 radical (unpaired) electrons. The standard InChI is InChI=1S/C68H117N19O28/c1-27(69)55(98)75-29(3)57(100)73-23-15-13-17-41(84-45(92)21-19-39(53(71)96)86-56(99)28(2)70)64(107)79-32(6)60(103)77-31(5)59(102)76-30(4)58(101)74-24-16-14-18-42(65(108)80-33(7)61(104)81-35(9)66(109)110)85-46(93)22-20-40(54(72)97)87-62(105)34(8)78-63(106)36(10)112-52-48(83-38(12)91)67(111)113-44(26-89)51(52)115-68-47(82-37(11)90)50(95)49(94)43(25-88)114-68/h27-36,39-44,47-52,67-68,88-89,94-95,111H,13-26,69-70H2,1-12H3,(H2,71,96)(H2,72,97)(H,73,100)(H,74,101)(H,75,98)(H,76,102)(H,77,103)(H,78,106)(H,79,107)(H,80,108)(H,81,104)(H,82,90)(H,83,91)(H,84,92)(H,85,93)(H,86,99)(H,87,105)(H,109,110). The van der Waals surface area contributed by atoms with E-state index in [4.69, 9.17) is 41.9 Å². The summed E-state index contributed by atoms with van der Waals surface area (Å²) in [5.41, 5.74) is 22.2. The third kappa shape index (κ3) is 34.9. The van der Waals surface area contributed by atoms with Crippen LogP contribution < -0.4 is 103 Å². The Labute approximate surface area is 662 Å². The van der Waals surface area contributed by atoms with Crippen molar-refractivity contribution in [2.75, 3.05) is 26.3 Å². The molecule has 652 valence electrons. The van der Waals surface area contributed by atoms with E-state index in [-0.39, 0.29) is 58.0 Å². The molecule has 2 aliphatic rings. The van der Waals surface area contributed by atoms with Gasteiger partial charge in [0, 0.05) is 39.8 Å². The van der Waals surface area contributed by atoms with Crippen molar-refractivity contribution in [3.8, 4) is 0 Å². The largest absolute Gasteiger partial charge is 0.480 e. The van der Waals surface area contributed by atoms with Crippen molar-refractivity contribution in [1.82, 2.24) is 79.8 Å². The number of hydrogen-bond donors (Lipinski definition) is 25. The van der Waals surface area contributed by atoms with Crippen LogP contribution in [0, 0.1) is 0 Å². The Kier molecular flexibility index (Phi) is 43.7. The van der Waals surface area contributed by atoms with E-state index in [2.05, 4.69) is 79.8 Å². The van der Waals surface area contributed by atoms with Gasteiger partial charge in [-0.1, -0.05) is 0 Å². The summed E-state index contributed by atoms with van der Waals surface area (Å²) in [4.78, 5) is 232. The average Bonchev–Trinajstić information content (AvgIpc) is 0.773. The van der Waals surface area contributed by atoms with Crippen molar-refractivity contribution < 1.29 is 136 Å². The van der Waals surface area contributed by atoms with E-state index >= 15 is 0 Å². The molecule has 115 heavy (non-hydrogen) atoms. The Hall–Kier alpha value is -9.98. The molecule has 24 atom stereocenters. The van der Waals surface area contributed by atoms with Crippen molar-refractivity contribution in [3.05, 3.63) is 0 Å². The smallest absolute Gasteiger partial charge is 0.325 e. The van der Waals surface area contributed by atoms with Gasteiger partial charge in [0.2, 0.25) is 100 Å². The lowest BCUT2D eigenvalue weighted by atomic mass is 9.94. The van der Waals surface area contributed by atoms with Crippen LogP contribution >= 0.6 is 0 Å². The molecule has 0 aromatic heterocycles. The number of aliphatic hydroxyl groups excluding tert-OH is 5. The lowest BCUT2D eigenvalue weighted by Crippen LogP contribution is -2.70. The highest BCUT2D eigenvalue weighted by Crippen LogP contribution is 2.31. The molecule has 0 aliphatic carbocycles. The maximum Gasteiger partial charge on any atom is 0.325 e. The van der Waals surface area contributed by atoms with Gasteiger partial charge in [-0.3, -0.25) is 86.3 Å². The van der Waals surface area contributed by atoms with Crippen LogP contribution in [0.1, 0.15) is 147 Å². The van der Waals surface area contributed by atoms with Gasteiger partial charge in [-0.25, -0.2) is 0 Å². The van der Waals surface area contributed by atoms with Crippen LogP contribution in [0.2, 0.25) is 0 Å². The summed E-state index contributed by atoms with van der Waals surface area (Å²) in [5, 5.41) is 98.4. The molecule has 17 amide bonds. The fraction of sp³-hybridized carbons (Fsp3) is 0.735. The summed E-state index contributed by atoms with van der Waals surface area (Å²) in [6, 6.07) is -19.9. The van der Waals surface area contributed by atoms with Gasteiger partial charge in [0.15, 0.2) is 12.6 Å². The molecule has 0 saturated carbocycles. The van der Waals surface area contributed by atoms with Gasteiger partial charge < -0.3 is 152 Å². The second-order valence-electron chi connectivity index (χ2n) is 28.1. The number of aliphatic carboxylic acids is 1. The number of aliphatic hydroxyl groups is 5. The first kappa shape index (κ1) is 101. The molecule has 0 spiro atoms. The molecule has 2 saturated heterocycles. The number of ether oxygens (including phenoxy) is 4. The maximum atomic E-state index is 13.8. The molecule has 47 nitrogen and oxygen atoms in total. The van der Waals surface area contributed by atoms with Crippen molar-refractivity contribution in [3.63, 3.8) is 0 Å². The summed E-state index contributed by atoms with van der Waals surface area (Å²) >= 11 is 0. The van der Waals surface area contributed by atoms with E-state index < -0.39 is 285 Å². The lowest BCUT2D eigenvalue weighted by molar-refractivity contribution is -0.333. The van der Waals surface area contributed by atoms with Gasteiger partial charge in [-0.2, -0.15) is 0 Å². The van der Waals surface area contributed by atoms with Gasteiger partial charge in [0.25, 0.3) is 0 Å². The van der Waals surface area contributed by atoms with Gasteiger partial charge in [-0.05, 0) is 121 Å². The highest BCUT2D eigenvalue weighted by atomic mass is 16.7. The fourth-order valence-corrected chi connectivity index (χ4v) is 11.1. The summed E-state index contributed by atoms with van der Waals surface area (Å²) < 4.78 is 23.3. The van der Waals surface area contributed by atoms with Crippen molar-refractivity contribution >= 4 is 106 Å². The van der Waals surface area contributed by atoms with Gasteiger partial charge in [-0.15, -0.1) is 0 Å². The zero-order valence-electron chi connectivity index (χ0n) is 66.2. The maximum absolute atomic E-state index is 13.8. The van der Waals surface area contributed by atoms with E-state index in [0.29, 0.717) is 0 Å². The number of carboxylic acid groups (broad SMARTS) is 1. The van der Waals surface area contributed by atoms with Crippen LogP contribution in [0.4, 0.5) is 0 Å². The van der Waals surface area contributed by atoms with Gasteiger partial charge in [0.05, 0.1) is 25.3 Å². The van der Waals surface area contributed by atoms with E-state index in [0.717, 1.165) is 27.7 Å². The van der Waals surface area contributed by atoms with Crippen LogP contribution in [0.5, 0.6) is 0 Å². The van der Waals surface area contributed by atoms with Crippen molar-refractivity contribution in [2.45, 2.75) is 293 Å². The molecule has 2 fully saturated rings. The number of carbonyl (C=O) groups is 18. The molecule has 29 N–H and O–H groups in total. The monoisotopic (exact) mass is 1650 g/mol. The summed E-state index contributed by atoms with van der Waals surface area (Å²) in [6.45, 7) is 13.1. The minimum absolute atomic E-state index is 0.0576. The first-order chi connectivity index (χ1) is 53.6. The molecule has 24 unspecified atom stereocenters. The van der Waals surface area contributed by atoms with Crippen LogP contribution in [-0.4, -0.2) is 309 Å². The fourth-order valence-electron chi connectivity index (χ4n) is 11.1. The number of nitrogens with two attached hydrogens (primary N) is 4. The minimum atomic E-state index is -1.95. The molecule has 47 heteroatoms. The third-order valence-corrected chi connectivity index (χ3v) is 17.9. The minimum Gasteiger partial charge on any atom is -0.480 e. The Balaban J connectivity index is 2.16. The average molecular weight is 1650 g/mol. The molecule has 2 aliphatic heterocycles. The molecule has 0 aromatic rings. The van der Waals surface area contributed by atoms with Crippen LogP contribution in [-0.2, 0) is 105 Å². The number of unbranched alkanes of at least 4 members (excludes halogenated alkanes) is 2. The van der Waals surface area contributed by atoms with Crippen molar-refractivity contribution in [1.29, 1.82) is 0 Å². The van der Waals surface area contributed by atoms with E-state index in [1.807, 2.05) is 0 Å². The molecular formula is C68H117N19O28. The third-order valence-electron chi connectivity index (χ3n) is 17.9. The SMILES string of the molecule is CC(=O)NC1C(OC2C(CO)OC(O)C(NC(C)=O)C2OC(C)C(=O)NC(C)C(=O)NC(CCC(=O)NC(CCCCNC(=O)C(C)NC(=O)C(C)NC(=O)C(C)NC(=O)C(CCCCNC(=O)C(C)NC(=O)C(C)N)NC(=O)CCC(NC(=O)C(C)N)C(N)=O)C(=O)NC(C)C(=O)NC(C)C(=O)O)C(N)=O)OC(CO)C(O)C1O. The number of nitrogens with one attached hydrogen (secondary N) is 15. The Morgan fingerprint density at radius 3 is 1.14 bits per heavy atom. The van der Waals surface area contributed by atoms with Gasteiger partial charge >= 0.3 is 5.97 Å². The highest BCUT2D eigenvalue weighted by molar-refractivity contribution is 5.97. The van der Waals surface area contributed by atoms with Crippen LogP contribution in [0.15, 0.2) is 0 Å². The van der Waals surface area contributed by atoms with Crippen LogP contribution in [0.3, 0.4) is 0 Å². The van der Waals surface area contributed by atoms with Crippen molar-refractivity contribution in [2.24, 2.45) is 22.9 Å². The number of hydrogen-bond acceptors (Lipinski definition) is 29. The number of primary amides is 2. The number of carboxylic acids is 1. The number of amides is 17. The molecular weight excluding hydrogens is 1530 g/mol. The number of carbonyl (C=O) groups excluding carboxylic acids is 17. The predicted octanol–water partition coefficient (Wildman–Crippen LogP) is -12.3. The van der Waals surface area contributed by atoms with Crippen LogP contribution in [0.25, 0.3) is 0 Å². The second-order valence-corrected chi connectivity index (χ2v) is 28.1. The summed E-state index contributed by atoms with van der Waals surface area (Å²) in [7, 11) is 0. The topological polar surface area (TPSA) is 750 Å². The van der Waals surface area contributed by atoms with E-state index in [9.17, 15) is 117 Å². The molecule has 0 bridgehead atoms. The lowest BCUT2D eigenvalue weighted by Gasteiger charge is -2.48. The number of rotatable bonds is 49. The van der Waals surface area contributed by atoms with E-state index in [1.54, 1.807) is 0 Å². The predicted molar refractivity (Wildman–Crippen MR) is 397 cm³/mol. The highest BCUT2D eigenvalue weighted by Gasteiger charge is 2.53. The Bertz CT molecular complexity index is 3380. The molecule has 2 heterocycles. The Morgan fingerprint density at radius 2 is 0.748 bits per heavy atom. The summed E-state index contributed by atoms with van der Waals surface area (Å²) in [5.74, 6) is -15.8. The second kappa shape index (κ2) is 49.7. The zero-order chi connectivity index (χ0) is 87.6. The zero-order valence-corrected chi connectivity index (χ0v) is 66.2. The van der Waals surface area contributed by atoms with Gasteiger partial charge in [0.1, 0.15) is 121 Å². The molecule has 2 rings (SSSR count). The summed E-state index contributed by atoms with van der Waals surface area (Å²) in [6.07, 6.45) is -16.9. The molecule has 0 aromatic carbocycles. The first-order valence-corrected chi connectivity index (χ1v) is 37.3.